The third kappa shape index (κ3) is 3.31. The average molecular weight is 248 g/mol. The predicted molar refractivity (Wildman–Crippen MR) is 70.4 cm³/mol. The van der Waals surface area contributed by atoms with E-state index >= 15 is 0 Å². The molecule has 0 amide bonds. The number of carboxylic acids is 1. The molecular weight excluding hydrogens is 228 g/mol. The summed E-state index contributed by atoms with van der Waals surface area (Å²) in [6.07, 6.45) is 1.09. The Morgan fingerprint density at radius 1 is 1.39 bits per heavy atom. The number of hydrogen-bond acceptors (Lipinski definition) is 3. The largest absolute Gasteiger partial charge is 0.478 e. The molecule has 1 heterocycles. The van der Waals surface area contributed by atoms with E-state index in [1.807, 2.05) is 12.1 Å². The highest BCUT2D eigenvalue weighted by atomic mass is 16.4. The van der Waals surface area contributed by atoms with Crippen molar-refractivity contribution in [2.45, 2.75) is 25.9 Å². The lowest BCUT2D eigenvalue weighted by molar-refractivity contribution is 0.0697. The van der Waals surface area contributed by atoms with Gasteiger partial charge in [-0.05, 0) is 30.0 Å². The van der Waals surface area contributed by atoms with Crippen LogP contribution in [-0.2, 0) is 6.54 Å². The maximum Gasteiger partial charge on any atom is 0.335 e. The van der Waals surface area contributed by atoms with E-state index in [0.29, 0.717) is 11.5 Å². The smallest absolute Gasteiger partial charge is 0.335 e. The molecule has 0 radical (unpaired) electrons. The minimum Gasteiger partial charge on any atom is -0.478 e. The number of likely N-dealkylation sites (tertiary alicyclic amines) is 1. The van der Waals surface area contributed by atoms with Crippen molar-refractivity contribution in [2.24, 2.45) is 11.7 Å². The van der Waals surface area contributed by atoms with Gasteiger partial charge in [-0.3, -0.25) is 4.90 Å². The second kappa shape index (κ2) is 5.50. The molecule has 1 aliphatic rings. The summed E-state index contributed by atoms with van der Waals surface area (Å²) in [5, 5.41) is 8.84. The Morgan fingerprint density at radius 2 is 2.06 bits per heavy atom. The predicted octanol–water partition coefficient (Wildman–Crippen LogP) is 1.55. The first kappa shape index (κ1) is 13.1. The highest BCUT2D eigenvalue weighted by molar-refractivity contribution is 5.87. The first-order chi connectivity index (χ1) is 8.54. The lowest BCUT2D eigenvalue weighted by atomic mass is 9.96. The van der Waals surface area contributed by atoms with Gasteiger partial charge in [-0.1, -0.05) is 19.1 Å². The van der Waals surface area contributed by atoms with Crippen LogP contribution >= 0.6 is 0 Å². The molecule has 98 valence electrons. The standard InChI is InChI=1S/C14H20N2O2/c1-10-6-13(15)9-16(7-10)8-11-2-4-12(5-3-11)14(17)18/h2-5,10,13H,6-9,15H2,1H3,(H,17,18). The number of carbonyl (C=O) groups is 1. The van der Waals surface area contributed by atoms with Crippen molar-refractivity contribution in [3.8, 4) is 0 Å². The molecule has 0 saturated carbocycles. The molecule has 1 aliphatic heterocycles. The number of benzene rings is 1. The van der Waals surface area contributed by atoms with Crippen LogP contribution in [0.2, 0.25) is 0 Å². The van der Waals surface area contributed by atoms with Crippen molar-refractivity contribution in [3.05, 3.63) is 35.4 Å². The van der Waals surface area contributed by atoms with Gasteiger partial charge in [0.15, 0.2) is 0 Å². The Labute approximate surface area is 107 Å². The Balaban J connectivity index is 1.98. The van der Waals surface area contributed by atoms with Crippen molar-refractivity contribution in [1.82, 2.24) is 4.90 Å². The molecule has 1 saturated heterocycles. The normalized spacial score (nSPS) is 25.0. The zero-order valence-electron chi connectivity index (χ0n) is 10.7. The first-order valence-corrected chi connectivity index (χ1v) is 6.35. The second-order valence-corrected chi connectivity index (χ2v) is 5.30. The van der Waals surface area contributed by atoms with Gasteiger partial charge in [0.25, 0.3) is 0 Å². The molecule has 3 N–H and O–H groups in total. The summed E-state index contributed by atoms with van der Waals surface area (Å²) in [5.41, 5.74) is 7.49. The van der Waals surface area contributed by atoms with Gasteiger partial charge in [-0.2, -0.15) is 0 Å². The Hall–Kier alpha value is -1.39. The SMILES string of the molecule is CC1CC(N)CN(Cc2ccc(C(=O)O)cc2)C1. The highest BCUT2D eigenvalue weighted by Crippen LogP contribution is 2.17. The number of hydrogen-bond donors (Lipinski definition) is 2. The Morgan fingerprint density at radius 3 is 2.61 bits per heavy atom. The molecule has 0 aliphatic carbocycles. The van der Waals surface area contributed by atoms with Crippen LogP contribution in [0.1, 0.15) is 29.3 Å². The highest BCUT2D eigenvalue weighted by Gasteiger charge is 2.21. The van der Waals surface area contributed by atoms with Crippen molar-refractivity contribution in [3.63, 3.8) is 0 Å². The molecule has 2 unspecified atom stereocenters. The fraction of sp³-hybridized carbons (Fsp3) is 0.500. The lowest BCUT2D eigenvalue weighted by Crippen LogP contribution is -2.45. The third-order valence-electron chi connectivity index (χ3n) is 3.37. The topological polar surface area (TPSA) is 66.6 Å². The van der Waals surface area contributed by atoms with Crippen LogP contribution in [-0.4, -0.2) is 35.1 Å². The van der Waals surface area contributed by atoms with Gasteiger partial charge in [0.2, 0.25) is 0 Å². The van der Waals surface area contributed by atoms with Crippen molar-refractivity contribution in [1.29, 1.82) is 0 Å². The van der Waals surface area contributed by atoms with E-state index in [0.717, 1.165) is 31.6 Å². The summed E-state index contributed by atoms with van der Waals surface area (Å²) >= 11 is 0. The van der Waals surface area contributed by atoms with Crippen molar-refractivity contribution >= 4 is 5.97 Å². The summed E-state index contributed by atoms with van der Waals surface area (Å²) < 4.78 is 0. The van der Waals surface area contributed by atoms with Gasteiger partial charge >= 0.3 is 5.97 Å². The molecule has 4 nitrogen and oxygen atoms in total. The van der Waals surface area contributed by atoms with Crippen LogP contribution in [0.4, 0.5) is 0 Å². The lowest BCUT2D eigenvalue weighted by Gasteiger charge is -2.34. The minimum atomic E-state index is -0.879. The summed E-state index contributed by atoms with van der Waals surface area (Å²) in [5.74, 6) is -0.248. The molecule has 0 aromatic heterocycles. The van der Waals surface area contributed by atoms with Gasteiger partial charge < -0.3 is 10.8 Å². The zero-order chi connectivity index (χ0) is 13.1. The number of nitrogens with two attached hydrogens (primary N) is 1. The fourth-order valence-electron chi connectivity index (χ4n) is 2.65. The Bertz CT molecular complexity index is 406. The van der Waals surface area contributed by atoms with Crippen LogP contribution in [0.3, 0.4) is 0 Å². The van der Waals surface area contributed by atoms with E-state index in [2.05, 4.69) is 11.8 Å². The minimum absolute atomic E-state index is 0.257. The van der Waals surface area contributed by atoms with E-state index in [1.54, 1.807) is 12.1 Å². The van der Waals surface area contributed by atoms with Crippen LogP contribution in [0.5, 0.6) is 0 Å². The van der Waals surface area contributed by atoms with E-state index < -0.39 is 5.97 Å². The van der Waals surface area contributed by atoms with Gasteiger partial charge in [0, 0.05) is 25.7 Å². The summed E-state index contributed by atoms with van der Waals surface area (Å²) in [4.78, 5) is 13.1. The van der Waals surface area contributed by atoms with Gasteiger partial charge in [0.1, 0.15) is 0 Å². The monoisotopic (exact) mass is 248 g/mol. The molecule has 2 rings (SSSR count). The molecule has 0 bridgehead atoms. The van der Waals surface area contributed by atoms with Crippen LogP contribution in [0.15, 0.2) is 24.3 Å². The maximum atomic E-state index is 10.8. The number of aromatic carboxylic acids is 1. The number of nitrogens with zero attached hydrogens (tertiary/aromatic N) is 1. The van der Waals surface area contributed by atoms with E-state index in [-0.39, 0.29) is 6.04 Å². The van der Waals surface area contributed by atoms with Crippen LogP contribution < -0.4 is 5.73 Å². The maximum absolute atomic E-state index is 10.8. The number of rotatable bonds is 3. The number of piperidine rings is 1. The average Bonchev–Trinajstić information content (AvgIpc) is 2.28. The van der Waals surface area contributed by atoms with Gasteiger partial charge in [-0.25, -0.2) is 4.79 Å². The third-order valence-corrected chi connectivity index (χ3v) is 3.37. The summed E-state index contributed by atoms with van der Waals surface area (Å²) in [6, 6.07) is 7.34. The molecule has 4 heteroatoms. The molecular formula is C14H20N2O2. The van der Waals surface area contributed by atoms with Crippen molar-refractivity contribution in [2.75, 3.05) is 13.1 Å². The quantitative estimate of drug-likeness (QED) is 0.851. The van der Waals surface area contributed by atoms with Crippen LogP contribution in [0, 0.1) is 5.92 Å². The molecule has 1 fully saturated rings. The molecule has 1 aromatic carbocycles. The molecule has 2 atom stereocenters. The van der Waals surface area contributed by atoms with E-state index in [1.165, 1.54) is 0 Å². The fourth-order valence-corrected chi connectivity index (χ4v) is 2.65. The molecule has 1 aromatic rings. The van der Waals surface area contributed by atoms with E-state index in [4.69, 9.17) is 10.8 Å². The Kier molecular flexibility index (Phi) is 3.99. The number of carboxylic acid groups (broad SMARTS) is 1. The molecule has 0 spiro atoms. The van der Waals surface area contributed by atoms with E-state index in [9.17, 15) is 4.79 Å². The molecule has 18 heavy (non-hydrogen) atoms. The zero-order valence-corrected chi connectivity index (χ0v) is 10.7. The second-order valence-electron chi connectivity index (χ2n) is 5.30. The van der Waals surface area contributed by atoms with Gasteiger partial charge in [0.05, 0.1) is 5.56 Å². The summed E-state index contributed by atoms with van der Waals surface area (Å²) in [7, 11) is 0. The van der Waals surface area contributed by atoms with Gasteiger partial charge in [-0.15, -0.1) is 0 Å². The van der Waals surface area contributed by atoms with Crippen molar-refractivity contribution < 1.29 is 9.90 Å². The first-order valence-electron chi connectivity index (χ1n) is 6.35. The summed E-state index contributed by atoms with van der Waals surface area (Å²) in [6.45, 7) is 5.05. The van der Waals surface area contributed by atoms with Crippen LogP contribution in [0.25, 0.3) is 0 Å².